The molecule has 19 heavy (non-hydrogen) atoms. The number of nitrogens with two attached hydrogens (primary N) is 1. The van der Waals surface area contributed by atoms with E-state index in [0.29, 0.717) is 13.0 Å². The number of aromatic nitrogens is 2. The molecule has 0 bridgehead atoms. The Morgan fingerprint density at radius 2 is 2.26 bits per heavy atom. The fourth-order valence-corrected chi connectivity index (χ4v) is 1.84. The maximum absolute atomic E-state index is 12.0. The van der Waals surface area contributed by atoms with E-state index in [4.69, 9.17) is 5.73 Å². The van der Waals surface area contributed by atoms with Crippen LogP contribution in [0.15, 0.2) is 43.0 Å². The Morgan fingerprint density at radius 1 is 1.47 bits per heavy atom. The van der Waals surface area contributed by atoms with Gasteiger partial charge in [-0.2, -0.15) is 0 Å². The Balaban J connectivity index is 2.19. The van der Waals surface area contributed by atoms with Crippen LogP contribution in [-0.4, -0.2) is 22.0 Å². The third kappa shape index (κ3) is 3.20. The van der Waals surface area contributed by atoms with Crippen molar-refractivity contribution < 1.29 is 4.79 Å². The molecule has 3 N–H and O–H groups in total. The number of benzene rings is 1. The van der Waals surface area contributed by atoms with E-state index in [-0.39, 0.29) is 11.8 Å². The van der Waals surface area contributed by atoms with E-state index in [2.05, 4.69) is 10.3 Å². The average molecular weight is 258 g/mol. The first-order chi connectivity index (χ1) is 9.22. The molecule has 100 valence electrons. The van der Waals surface area contributed by atoms with Crippen molar-refractivity contribution >= 4 is 11.6 Å². The van der Waals surface area contributed by atoms with Crippen LogP contribution in [0.2, 0.25) is 0 Å². The van der Waals surface area contributed by atoms with Gasteiger partial charge in [0.2, 0.25) is 5.91 Å². The van der Waals surface area contributed by atoms with Gasteiger partial charge in [0.25, 0.3) is 0 Å². The summed E-state index contributed by atoms with van der Waals surface area (Å²) in [6, 6.07) is 7.63. The molecular weight excluding hydrogens is 240 g/mol. The van der Waals surface area contributed by atoms with E-state index in [1.807, 2.05) is 42.0 Å². The fourth-order valence-electron chi connectivity index (χ4n) is 1.84. The van der Waals surface area contributed by atoms with Crippen molar-refractivity contribution in [3.63, 3.8) is 0 Å². The average Bonchev–Trinajstić information content (AvgIpc) is 2.93. The van der Waals surface area contributed by atoms with Gasteiger partial charge in [-0.3, -0.25) is 4.79 Å². The molecule has 1 heterocycles. The van der Waals surface area contributed by atoms with Crippen molar-refractivity contribution in [2.75, 3.05) is 11.9 Å². The van der Waals surface area contributed by atoms with Gasteiger partial charge < -0.3 is 15.6 Å². The Kier molecular flexibility index (Phi) is 4.30. The summed E-state index contributed by atoms with van der Waals surface area (Å²) in [7, 11) is 0. The lowest BCUT2D eigenvalue weighted by Crippen LogP contribution is -2.23. The monoisotopic (exact) mass is 258 g/mol. The molecule has 0 aliphatic rings. The molecule has 0 aliphatic carbocycles. The molecule has 5 heteroatoms. The SMILES string of the molecule is CC(CCN)C(=O)Nc1ccccc1-n1ccnc1. The molecule has 0 fully saturated rings. The molecule has 0 saturated heterocycles. The summed E-state index contributed by atoms with van der Waals surface area (Å²) in [5, 5.41) is 2.94. The second-order valence-electron chi connectivity index (χ2n) is 4.45. The highest BCUT2D eigenvalue weighted by atomic mass is 16.1. The maximum atomic E-state index is 12.0. The van der Waals surface area contributed by atoms with E-state index in [1.54, 1.807) is 12.5 Å². The smallest absolute Gasteiger partial charge is 0.227 e. The van der Waals surface area contributed by atoms with Crippen molar-refractivity contribution in [1.82, 2.24) is 9.55 Å². The standard InChI is InChI=1S/C14H18N4O/c1-11(6-7-15)14(19)17-12-4-2-3-5-13(12)18-9-8-16-10-18/h2-5,8-11H,6-7,15H2,1H3,(H,17,19). The van der Waals surface area contributed by atoms with E-state index in [1.165, 1.54) is 0 Å². The molecule has 0 aliphatic heterocycles. The Morgan fingerprint density at radius 3 is 2.95 bits per heavy atom. The molecule has 0 saturated carbocycles. The van der Waals surface area contributed by atoms with Crippen LogP contribution >= 0.6 is 0 Å². The molecule has 1 aromatic carbocycles. The first kappa shape index (κ1) is 13.3. The molecule has 1 unspecified atom stereocenters. The van der Waals surface area contributed by atoms with Gasteiger partial charge in [0.15, 0.2) is 0 Å². The molecule has 2 aromatic rings. The Labute approximate surface area is 112 Å². The molecule has 0 radical (unpaired) electrons. The van der Waals surface area contributed by atoms with Crippen molar-refractivity contribution in [3.05, 3.63) is 43.0 Å². The number of carbonyl (C=O) groups excluding carboxylic acids is 1. The van der Waals surface area contributed by atoms with Crippen molar-refractivity contribution in [2.45, 2.75) is 13.3 Å². The largest absolute Gasteiger partial charge is 0.330 e. The number of hydrogen-bond acceptors (Lipinski definition) is 3. The Hall–Kier alpha value is -2.14. The van der Waals surface area contributed by atoms with Gasteiger partial charge in [-0.1, -0.05) is 19.1 Å². The number of imidazole rings is 1. The minimum atomic E-state index is -0.0964. The molecule has 1 aromatic heterocycles. The lowest BCUT2D eigenvalue weighted by atomic mass is 10.1. The van der Waals surface area contributed by atoms with Gasteiger partial charge in [0, 0.05) is 18.3 Å². The first-order valence-electron chi connectivity index (χ1n) is 6.30. The van der Waals surface area contributed by atoms with Crippen LogP contribution in [0.5, 0.6) is 0 Å². The van der Waals surface area contributed by atoms with Crippen molar-refractivity contribution in [3.8, 4) is 5.69 Å². The maximum Gasteiger partial charge on any atom is 0.227 e. The van der Waals surface area contributed by atoms with E-state index in [9.17, 15) is 4.79 Å². The fraction of sp³-hybridized carbons (Fsp3) is 0.286. The van der Waals surface area contributed by atoms with Gasteiger partial charge in [-0.05, 0) is 25.1 Å². The summed E-state index contributed by atoms with van der Waals surface area (Å²) < 4.78 is 1.86. The molecule has 1 atom stereocenters. The van der Waals surface area contributed by atoms with Gasteiger partial charge in [0.05, 0.1) is 17.7 Å². The summed E-state index contributed by atoms with van der Waals surface area (Å²) >= 11 is 0. The normalized spacial score (nSPS) is 12.1. The van der Waals surface area contributed by atoms with E-state index in [0.717, 1.165) is 11.4 Å². The van der Waals surface area contributed by atoms with Crippen molar-refractivity contribution in [2.24, 2.45) is 11.7 Å². The van der Waals surface area contributed by atoms with Crippen LogP contribution in [-0.2, 0) is 4.79 Å². The predicted octanol–water partition coefficient (Wildman–Crippen LogP) is 1.80. The third-order valence-corrected chi connectivity index (χ3v) is 2.99. The highest BCUT2D eigenvalue weighted by molar-refractivity contribution is 5.94. The lowest BCUT2D eigenvalue weighted by molar-refractivity contribution is -0.119. The molecular formula is C14H18N4O. The van der Waals surface area contributed by atoms with E-state index >= 15 is 0 Å². The number of nitrogens with zero attached hydrogens (tertiary/aromatic N) is 2. The van der Waals surface area contributed by atoms with Crippen LogP contribution in [0.4, 0.5) is 5.69 Å². The molecule has 0 spiro atoms. The minimum absolute atomic E-state index is 0.0157. The minimum Gasteiger partial charge on any atom is -0.330 e. The number of carbonyl (C=O) groups is 1. The van der Waals surface area contributed by atoms with Crippen LogP contribution in [0.1, 0.15) is 13.3 Å². The van der Waals surface area contributed by atoms with Crippen LogP contribution < -0.4 is 11.1 Å². The highest BCUT2D eigenvalue weighted by Gasteiger charge is 2.13. The number of rotatable bonds is 5. The number of nitrogens with one attached hydrogen (secondary N) is 1. The highest BCUT2D eigenvalue weighted by Crippen LogP contribution is 2.20. The van der Waals surface area contributed by atoms with Crippen molar-refractivity contribution in [1.29, 1.82) is 0 Å². The number of amides is 1. The van der Waals surface area contributed by atoms with E-state index < -0.39 is 0 Å². The van der Waals surface area contributed by atoms with Gasteiger partial charge in [-0.15, -0.1) is 0 Å². The zero-order valence-electron chi connectivity index (χ0n) is 10.9. The second kappa shape index (κ2) is 6.15. The number of para-hydroxylation sites is 2. The molecule has 5 nitrogen and oxygen atoms in total. The van der Waals surface area contributed by atoms with Crippen LogP contribution in [0.3, 0.4) is 0 Å². The molecule has 2 rings (SSSR count). The van der Waals surface area contributed by atoms with Gasteiger partial charge in [-0.25, -0.2) is 4.98 Å². The summed E-state index contributed by atoms with van der Waals surface area (Å²) in [6.07, 6.45) is 5.93. The lowest BCUT2D eigenvalue weighted by Gasteiger charge is -2.14. The third-order valence-electron chi connectivity index (χ3n) is 2.99. The zero-order chi connectivity index (χ0) is 13.7. The number of anilines is 1. The summed E-state index contributed by atoms with van der Waals surface area (Å²) in [5.41, 5.74) is 7.14. The summed E-state index contributed by atoms with van der Waals surface area (Å²) in [5.74, 6) is -0.112. The second-order valence-corrected chi connectivity index (χ2v) is 4.45. The zero-order valence-corrected chi connectivity index (χ0v) is 10.9. The van der Waals surface area contributed by atoms with Crippen LogP contribution in [0, 0.1) is 5.92 Å². The topological polar surface area (TPSA) is 72.9 Å². The Bertz CT molecular complexity index is 536. The quantitative estimate of drug-likeness (QED) is 0.858. The molecule has 1 amide bonds. The van der Waals surface area contributed by atoms with Gasteiger partial charge >= 0.3 is 0 Å². The summed E-state index contributed by atoms with van der Waals surface area (Å²) in [6.45, 7) is 2.39. The van der Waals surface area contributed by atoms with Crippen LogP contribution in [0.25, 0.3) is 5.69 Å². The summed E-state index contributed by atoms with van der Waals surface area (Å²) in [4.78, 5) is 16.0. The predicted molar refractivity (Wildman–Crippen MR) is 75.0 cm³/mol. The number of hydrogen-bond donors (Lipinski definition) is 2. The van der Waals surface area contributed by atoms with Gasteiger partial charge in [0.1, 0.15) is 0 Å². The first-order valence-corrected chi connectivity index (χ1v) is 6.30.